The number of sulfonamides is 1. The van der Waals surface area contributed by atoms with Crippen LogP contribution in [0.4, 0.5) is 5.69 Å². The molecule has 1 aromatic rings. The van der Waals surface area contributed by atoms with Gasteiger partial charge in [-0.05, 0) is 62.8 Å². The number of nitrogens with one attached hydrogen (secondary N) is 2. The number of rotatable bonds is 4. The SMILES string of the molecule is CNS(=O)(=O)c1ccc(C)c(NC2CC3CCC2C3)c1. The first-order chi connectivity index (χ1) is 9.49. The van der Waals surface area contributed by atoms with Crippen molar-refractivity contribution in [3.05, 3.63) is 23.8 Å². The molecule has 3 rings (SSSR count). The lowest BCUT2D eigenvalue weighted by atomic mass is 9.95. The molecule has 2 N–H and O–H groups in total. The summed E-state index contributed by atoms with van der Waals surface area (Å²) >= 11 is 0. The third kappa shape index (κ3) is 2.44. The van der Waals surface area contributed by atoms with Crippen LogP contribution < -0.4 is 10.0 Å². The topological polar surface area (TPSA) is 58.2 Å². The van der Waals surface area contributed by atoms with E-state index in [0.717, 1.165) is 23.1 Å². The van der Waals surface area contributed by atoms with E-state index in [-0.39, 0.29) is 0 Å². The van der Waals surface area contributed by atoms with Crippen molar-refractivity contribution in [2.24, 2.45) is 11.8 Å². The molecular formula is C15H22N2O2S. The second-order valence-electron chi connectivity index (χ2n) is 6.11. The molecule has 0 aromatic heterocycles. The molecule has 5 heteroatoms. The quantitative estimate of drug-likeness (QED) is 0.897. The lowest BCUT2D eigenvalue weighted by molar-refractivity contribution is 0.439. The molecule has 0 heterocycles. The highest BCUT2D eigenvalue weighted by atomic mass is 32.2. The molecule has 110 valence electrons. The van der Waals surface area contributed by atoms with Crippen LogP contribution in [0.25, 0.3) is 0 Å². The van der Waals surface area contributed by atoms with Crippen LogP contribution in [0, 0.1) is 18.8 Å². The van der Waals surface area contributed by atoms with E-state index in [2.05, 4.69) is 10.0 Å². The van der Waals surface area contributed by atoms with Crippen molar-refractivity contribution >= 4 is 15.7 Å². The van der Waals surface area contributed by atoms with Crippen molar-refractivity contribution in [1.29, 1.82) is 0 Å². The molecule has 4 nitrogen and oxygen atoms in total. The van der Waals surface area contributed by atoms with Crippen LogP contribution in [0.1, 0.15) is 31.2 Å². The summed E-state index contributed by atoms with van der Waals surface area (Å²) in [6.45, 7) is 2.02. The van der Waals surface area contributed by atoms with Crippen LogP contribution >= 0.6 is 0 Å². The fourth-order valence-corrected chi connectivity index (χ4v) is 4.42. The largest absolute Gasteiger partial charge is 0.382 e. The molecule has 0 spiro atoms. The molecule has 2 aliphatic carbocycles. The minimum absolute atomic E-state index is 0.330. The van der Waals surface area contributed by atoms with Gasteiger partial charge in [-0.2, -0.15) is 0 Å². The maximum atomic E-state index is 11.9. The van der Waals surface area contributed by atoms with Crippen molar-refractivity contribution in [2.75, 3.05) is 12.4 Å². The molecule has 2 bridgehead atoms. The van der Waals surface area contributed by atoms with Crippen molar-refractivity contribution < 1.29 is 8.42 Å². The first-order valence-electron chi connectivity index (χ1n) is 7.30. The Bertz CT molecular complexity index is 612. The second-order valence-corrected chi connectivity index (χ2v) is 8.00. The minimum atomic E-state index is -3.37. The molecule has 0 saturated heterocycles. The van der Waals surface area contributed by atoms with Gasteiger partial charge in [-0.25, -0.2) is 13.1 Å². The highest BCUT2D eigenvalue weighted by molar-refractivity contribution is 7.89. The van der Waals surface area contributed by atoms with Crippen molar-refractivity contribution in [1.82, 2.24) is 4.72 Å². The van der Waals surface area contributed by atoms with E-state index in [1.165, 1.54) is 32.7 Å². The molecule has 0 amide bonds. The monoisotopic (exact) mass is 294 g/mol. The van der Waals surface area contributed by atoms with Crippen LogP contribution in [0.3, 0.4) is 0 Å². The molecule has 0 radical (unpaired) electrons. The van der Waals surface area contributed by atoms with Gasteiger partial charge < -0.3 is 5.32 Å². The average Bonchev–Trinajstić information content (AvgIpc) is 3.03. The fourth-order valence-electron chi connectivity index (χ4n) is 3.66. The standard InChI is InChI=1S/C15H22N2O2S/c1-10-3-6-13(20(18,19)16-2)9-14(10)17-15-8-11-4-5-12(15)7-11/h3,6,9,11-12,15-17H,4-5,7-8H2,1-2H3. The number of aryl methyl sites for hydroxylation is 1. The predicted molar refractivity (Wildman–Crippen MR) is 80.3 cm³/mol. The van der Waals surface area contributed by atoms with E-state index in [9.17, 15) is 8.42 Å². The Hall–Kier alpha value is -1.07. The number of benzene rings is 1. The first-order valence-corrected chi connectivity index (χ1v) is 8.78. The summed E-state index contributed by atoms with van der Waals surface area (Å²) in [5.41, 5.74) is 2.06. The van der Waals surface area contributed by atoms with Gasteiger partial charge >= 0.3 is 0 Å². The molecule has 2 aliphatic rings. The number of hydrogen-bond acceptors (Lipinski definition) is 3. The normalized spacial score (nSPS) is 28.8. The van der Waals surface area contributed by atoms with Crippen LogP contribution in [-0.4, -0.2) is 21.5 Å². The molecular weight excluding hydrogens is 272 g/mol. The van der Waals surface area contributed by atoms with Crippen LogP contribution in [0.5, 0.6) is 0 Å². The van der Waals surface area contributed by atoms with Crippen LogP contribution in [0.15, 0.2) is 23.1 Å². The molecule has 20 heavy (non-hydrogen) atoms. The molecule has 3 atom stereocenters. The van der Waals surface area contributed by atoms with E-state index < -0.39 is 10.0 Å². The van der Waals surface area contributed by atoms with Gasteiger partial charge in [0.15, 0.2) is 0 Å². The van der Waals surface area contributed by atoms with Crippen LogP contribution in [0.2, 0.25) is 0 Å². The summed E-state index contributed by atoms with van der Waals surface area (Å²) in [5.74, 6) is 1.64. The summed E-state index contributed by atoms with van der Waals surface area (Å²) in [7, 11) is -1.93. The zero-order valence-electron chi connectivity index (χ0n) is 12.0. The fraction of sp³-hybridized carbons (Fsp3) is 0.600. The Morgan fingerprint density at radius 1 is 1.20 bits per heavy atom. The highest BCUT2D eigenvalue weighted by Gasteiger charge is 2.39. The van der Waals surface area contributed by atoms with E-state index in [1.807, 2.05) is 13.0 Å². The van der Waals surface area contributed by atoms with Gasteiger partial charge in [-0.3, -0.25) is 0 Å². The summed E-state index contributed by atoms with van der Waals surface area (Å²) in [5, 5.41) is 3.58. The predicted octanol–water partition coefficient (Wildman–Crippen LogP) is 2.50. The average molecular weight is 294 g/mol. The number of hydrogen-bond donors (Lipinski definition) is 2. The van der Waals surface area contributed by atoms with Crippen molar-refractivity contribution in [3.63, 3.8) is 0 Å². The zero-order chi connectivity index (χ0) is 14.3. The number of fused-ring (bicyclic) bond motifs is 2. The second kappa shape index (κ2) is 5.04. The lowest BCUT2D eigenvalue weighted by Crippen LogP contribution is -2.26. The van der Waals surface area contributed by atoms with E-state index in [4.69, 9.17) is 0 Å². The van der Waals surface area contributed by atoms with Gasteiger partial charge in [-0.1, -0.05) is 12.5 Å². The maximum absolute atomic E-state index is 11.9. The van der Waals surface area contributed by atoms with Crippen molar-refractivity contribution in [2.45, 2.75) is 43.5 Å². The van der Waals surface area contributed by atoms with Gasteiger partial charge in [0.05, 0.1) is 4.90 Å². The van der Waals surface area contributed by atoms with Crippen molar-refractivity contribution in [3.8, 4) is 0 Å². The van der Waals surface area contributed by atoms with Gasteiger partial charge in [0, 0.05) is 11.7 Å². The van der Waals surface area contributed by atoms with Gasteiger partial charge in [-0.15, -0.1) is 0 Å². The van der Waals surface area contributed by atoms with Gasteiger partial charge in [0.25, 0.3) is 0 Å². The Labute approximate surface area is 121 Å². The smallest absolute Gasteiger partial charge is 0.240 e. The Balaban J connectivity index is 1.84. The molecule has 3 unspecified atom stereocenters. The van der Waals surface area contributed by atoms with E-state index in [0.29, 0.717) is 10.9 Å². The third-order valence-electron chi connectivity index (χ3n) is 4.87. The molecule has 0 aliphatic heterocycles. The zero-order valence-corrected chi connectivity index (χ0v) is 12.8. The summed E-state index contributed by atoms with van der Waals surface area (Å²) in [4.78, 5) is 0.330. The minimum Gasteiger partial charge on any atom is -0.382 e. The third-order valence-corrected chi connectivity index (χ3v) is 6.28. The lowest BCUT2D eigenvalue weighted by Gasteiger charge is -2.25. The molecule has 2 saturated carbocycles. The molecule has 1 aromatic carbocycles. The van der Waals surface area contributed by atoms with Gasteiger partial charge in [0.2, 0.25) is 10.0 Å². The Morgan fingerprint density at radius 2 is 2.00 bits per heavy atom. The summed E-state index contributed by atoms with van der Waals surface area (Å²) in [6.07, 6.45) is 5.25. The van der Waals surface area contributed by atoms with Crippen LogP contribution in [-0.2, 0) is 10.0 Å². The first kappa shape index (κ1) is 13.9. The highest BCUT2D eigenvalue weighted by Crippen LogP contribution is 2.45. The van der Waals surface area contributed by atoms with E-state index in [1.54, 1.807) is 12.1 Å². The summed E-state index contributed by atoms with van der Waals surface area (Å²) in [6, 6.07) is 5.81. The Morgan fingerprint density at radius 3 is 2.60 bits per heavy atom. The molecule has 2 fully saturated rings. The maximum Gasteiger partial charge on any atom is 0.240 e. The number of anilines is 1. The Kier molecular flexibility index (Phi) is 3.50. The van der Waals surface area contributed by atoms with Gasteiger partial charge in [0.1, 0.15) is 0 Å². The van der Waals surface area contributed by atoms with E-state index >= 15 is 0 Å². The summed E-state index contributed by atoms with van der Waals surface area (Å²) < 4.78 is 26.2.